The van der Waals surface area contributed by atoms with Gasteiger partial charge in [-0.15, -0.1) is 0 Å². The number of ketones is 1. The zero-order chi connectivity index (χ0) is 14.6. The van der Waals surface area contributed by atoms with E-state index in [1.807, 2.05) is 19.1 Å². The summed E-state index contributed by atoms with van der Waals surface area (Å²) in [7, 11) is 0. The Kier molecular flexibility index (Phi) is 4.98. The average Bonchev–Trinajstić information content (AvgIpc) is 2.44. The second-order valence-corrected chi connectivity index (χ2v) is 6.14. The third-order valence-corrected chi connectivity index (χ3v) is 4.62. The molecule has 0 heterocycles. The first-order chi connectivity index (χ1) is 9.57. The third kappa shape index (κ3) is 3.29. The highest BCUT2D eigenvalue weighted by Crippen LogP contribution is 2.36. The molecule has 1 aromatic rings. The van der Waals surface area contributed by atoms with E-state index in [4.69, 9.17) is 4.74 Å². The molecule has 1 aromatic carbocycles. The highest BCUT2D eigenvalue weighted by atomic mass is 16.5. The van der Waals surface area contributed by atoms with E-state index >= 15 is 0 Å². The largest absolute Gasteiger partial charge is 0.367 e. The van der Waals surface area contributed by atoms with Crippen LogP contribution in [0.15, 0.2) is 24.3 Å². The molecular formula is C18H26O2. The molecule has 110 valence electrons. The van der Waals surface area contributed by atoms with Crippen molar-refractivity contribution in [3.8, 4) is 0 Å². The molecule has 0 unspecified atom stereocenters. The van der Waals surface area contributed by atoms with E-state index in [1.54, 1.807) is 0 Å². The zero-order valence-electron chi connectivity index (χ0n) is 12.9. The van der Waals surface area contributed by atoms with Gasteiger partial charge >= 0.3 is 0 Å². The molecule has 1 aliphatic rings. The maximum Gasteiger partial charge on any atom is 0.168 e. The van der Waals surface area contributed by atoms with Crippen LogP contribution in [0.2, 0.25) is 0 Å². The van der Waals surface area contributed by atoms with E-state index in [0.29, 0.717) is 13.0 Å². The lowest BCUT2D eigenvalue weighted by atomic mass is 9.75. The Labute approximate surface area is 122 Å². The third-order valence-electron chi connectivity index (χ3n) is 4.62. The number of Topliss-reactive ketones (excluding diaryl/α,β-unsaturated/α-hetero) is 1. The van der Waals surface area contributed by atoms with Crippen LogP contribution < -0.4 is 0 Å². The van der Waals surface area contributed by atoms with Crippen LogP contribution in [0.1, 0.15) is 50.7 Å². The quantitative estimate of drug-likeness (QED) is 0.808. The first-order valence-electron chi connectivity index (χ1n) is 7.79. The SMILES string of the molecule is CCOC1(C(=O)Cc2ccccc2C)CCC(C)CC1. The van der Waals surface area contributed by atoms with Crippen molar-refractivity contribution in [2.24, 2.45) is 5.92 Å². The van der Waals surface area contributed by atoms with Gasteiger partial charge < -0.3 is 4.74 Å². The number of hydrogen-bond donors (Lipinski definition) is 0. The Hall–Kier alpha value is -1.15. The lowest BCUT2D eigenvalue weighted by Gasteiger charge is -2.38. The fourth-order valence-corrected chi connectivity index (χ4v) is 3.15. The van der Waals surface area contributed by atoms with Gasteiger partial charge in [-0.05, 0) is 56.6 Å². The first kappa shape index (κ1) is 15.2. The maximum absolute atomic E-state index is 12.8. The zero-order valence-corrected chi connectivity index (χ0v) is 12.9. The van der Waals surface area contributed by atoms with E-state index in [1.165, 1.54) is 5.56 Å². The summed E-state index contributed by atoms with van der Waals surface area (Å²) in [4.78, 5) is 12.8. The minimum Gasteiger partial charge on any atom is -0.367 e. The van der Waals surface area contributed by atoms with Crippen molar-refractivity contribution >= 4 is 5.78 Å². The first-order valence-corrected chi connectivity index (χ1v) is 7.79. The Morgan fingerprint density at radius 1 is 1.30 bits per heavy atom. The molecular weight excluding hydrogens is 248 g/mol. The minimum atomic E-state index is -0.524. The van der Waals surface area contributed by atoms with Gasteiger partial charge in [0, 0.05) is 13.0 Å². The van der Waals surface area contributed by atoms with Gasteiger partial charge in [0.2, 0.25) is 0 Å². The van der Waals surface area contributed by atoms with Gasteiger partial charge in [-0.3, -0.25) is 4.79 Å². The van der Waals surface area contributed by atoms with Crippen LogP contribution in [-0.2, 0) is 16.0 Å². The number of aryl methyl sites for hydroxylation is 1. The van der Waals surface area contributed by atoms with E-state index < -0.39 is 5.60 Å². The smallest absolute Gasteiger partial charge is 0.168 e. The Morgan fingerprint density at radius 2 is 1.95 bits per heavy atom. The van der Waals surface area contributed by atoms with E-state index in [0.717, 1.165) is 37.2 Å². The number of carbonyl (C=O) groups excluding carboxylic acids is 1. The molecule has 0 radical (unpaired) electrons. The molecule has 0 atom stereocenters. The van der Waals surface area contributed by atoms with Crippen molar-refractivity contribution in [1.29, 1.82) is 0 Å². The Morgan fingerprint density at radius 3 is 2.55 bits per heavy atom. The Balaban J connectivity index is 2.13. The van der Waals surface area contributed by atoms with Crippen LogP contribution in [-0.4, -0.2) is 18.0 Å². The molecule has 0 N–H and O–H groups in total. The van der Waals surface area contributed by atoms with Gasteiger partial charge in [0.1, 0.15) is 5.60 Å². The summed E-state index contributed by atoms with van der Waals surface area (Å²) < 4.78 is 5.94. The standard InChI is InChI=1S/C18H26O2/c1-4-20-18(11-9-14(2)10-12-18)17(19)13-16-8-6-5-7-15(16)3/h5-8,14H,4,9-13H2,1-3H3. The molecule has 0 amide bonds. The highest BCUT2D eigenvalue weighted by Gasteiger charge is 2.41. The van der Waals surface area contributed by atoms with Gasteiger partial charge in [0.25, 0.3) is 0 Å². The maximum atomic E-state index is 12.8. The summed E-state index contributed by atoms with van der Waals surface area (Å²) in [5.41, 5.74) is 1.80. The van der Waals surface area contributed by atoms with Gasteiger partial charge in [-0.2, -0.15) is 0 Å². The van der Waals surface area contributed by atoms with Crippen LogP contribution in [0, 0.1) is 12.8 Å². The molecule has 1 aliphatic carbocycles. The molecule has 1 fully saturated rings. The van der Waals surface area contributed by atoms with E-state index in [-0.39, 0.29) is 5.78 Å². The van der Waals surface area contributed by atoms with Gasteiger partial charge in [0.15, 0.2) is 5.78 Å². The van der Waals surface area contributed by atoms with Crippen molar-refractivity contribution in [1.82, 2.24) is 0 Å². The van der Waals surface area contributed by atoms with Crippen molar-refractivity contribution in [2.75, 3.05) is 6.61 Å². The summed E-state index contributed by atoms with van der Waals surface area (Å²) >= 11 is 0. The average molecular weight is 274 g/mol. The summed E-state index contributed by atoms with van der Waals surface area (Å²) in [5.74, 6) is 0.982. The summed E-state index contributed by atoms with van der Waals surface area (Å²) in [6, 6.07) is 8.15. The summed E-state index contributed by atoms with van der Waals surface area (Å²) in [6.07, 6.45) is 4.46. The molecule has 0 spiro atoms. The predicted molar refractivity (Wildman–Crippen MR) is 81.9 cm³/mol. The number of hydrogen-bond acceptors (Lipinski definition) is 2. The number of benzene rings is 1. The molecule has 0 aliphatic heterocycles. The normalized spacial score (nSPS) is 26.4. The number of rotatable bonds is 5. The van der Waals surface area contributed by atoms with Crippen molar-refractivity contribution in [3.63, 3.8) is 0 Å². The molecule has 0 saturated heterocycles. The predicted octanol–water partition coefficient (Wildman–Crippen LogP) is 4.09. The van der Waals surface area contributed by atoms with Crippen LogP contribution in [0.25, 0.3) is 0 Å². The fourth-order valence-electron chi connectivity index (χ4n) is 3.15. The van der Waals surface area contributed by atoms with Crippen LogP contribution in [0.4, 0.5) is 0 Å². The monoisotopic (exact) mass is 274 g/mol. The van der Waals surface area contributed by atoms with Crippen molar-refractivity contribution in [2.45, 2.75) is 58.5 Å². The van der Waals surface area contributed by atoms with Gasteiger partial charge in [-0.25, -0.2) is 0 Å². The minimum absolute atomic E-state index is 0.264. The van der Waals surface area contributed by atoms with Crippen LogP contribution in [0.3, 0.4) is 0 Å². The lowest BCUT2D eigenvalue weighted by molar-refractivity contribution is -0.149. The number of carbonyl (C=O) groups is 1. The van der Waals surface area contributed by atoms with Gasteiger partial charge in [0.05, 0.1) is 0 Å². The second kappa shape index (κ2) is 6.53. The molecule has 0 bridgehead atoms. The van der Waals surface area contributed by atoms with E-state index in [2.05, 4.69) is 26.0 Å². The molecule has 2 rings (SSSR count). The number of ether oxygens (including phenoxy) is 1. The molecule has 2 heteroatoms. The second-order valence-electron chi connectivity index (χ2n) is 6.14. The highest BCUT2D eigenvalue weighted by molar-refractivity contribution is 5.89. The summed E-state index contributed by atoms with van der Waals surface area (Å²) in [6.45, 7) is 6.94. The fraction of sp³-hybridized carbons (Fsp3) is 0.611. The molecule has 20 heavy (non-hydrogen) atoms. The molecule has 0 aromatic heterocycles. The van der Waals surface area contributed by atoms with Crippen molar-refractivity contribution in [3.05, 3.63) is 35.4 Å². The Bertz CT molecular complexity index is 456. The molecule has 2 nitrogen and oxygen atoms in total. The van der Waals surface area contributed by atoms with Gasteiger partial charge in [-0.1, -0.05) is 31.2 Å². The topological polar surface area (TPSA) is 26.3 Å². The lowest BCUT2D eigenvalue weighted by Crippen LogP contribution is -2.45. The van der Waals surface area contributed by atoms with E-state index in [9.17, 15) is 4.79 Å². The molecule has 1 saturated carbocycles. The van der Waals surface area contributed by atoms with Crippen LogP contribution in [0.5, 0.6) is 0 Å². The van der Waals surface area contributed by atoms with Crippen LogP contribution >= 0.6 is 0 Å². The summed E-state index contributed by atoms with van der Waals surface area (Å²) in [5, 5.41) is 0. The van der Waals surface area contributed by atoms with Crippen molar-refractivity contribution < 1.29 is 9.53 Å².